The number of rotatable bonds is 2. The molecule has 2 aliphatic rings. The summed E-state index contributed by atoms with van der Waals surface area (Å²) in [4.78, 5) is 12.4. The second kappa shape index (κ2) is 5.66. The van der Waals surface area contributed by atoms with Crippen LogP contribution in [0.25, 0.3) is 0 Å². The molecule has 0 radical (unpaired) electrons. The van der Waals surface area contributed by atoms with E-state index >= 15 is 0 Å². The van der Waals surface area contributed by atoms with Gasteiger partial charge < -0.3 is 20.1 Å². The van der Waals surface area contributed by atoms with Crippen LogP contribution >= 0.6 is 0 Å². The Labute approximate surface area is 153 Å². The number of ether oxygens (including phenoxy) is 2. The van der Waals surface area contributed by atoms with Crippen molar-refractivity contribution in [1.29, 1.82) is 0 Å². The van der Waals surface area contributed by atoms with Gasteiger partial charge in [0.15, 0.2) is 0 Å². The first-order valence-electron chi connectivity index (χ1n) is 8.91. The van der Waals surface area contributed by atoms with E-state index in [1.54, 1.807) is 0 Å². The average Bonchev–Trinajstić information content (AvgIpc) is 2.98. The van der Waals surface area contributed by atoms with Crippen molar-refractivity contribution < 1.29 is 14.3 Å². The van der Waals surface area contributed by atoms with Gasteiger partial charge in [-0.3, -0.25) is 0 Å². The van der Waals surface area contributed by atoms with E-state index in [0.717, 1.165) is 46.8 Å². The fourth-order valence-corrected chi connectivity index (χ4v) is 3.67. The number of carbonyl (C=O) groups is 1. The average molecular weight is 352 g/mol. The van der Waals surface area contributed by atoms with Gasteiger partial charge in [0.05, 0.1) is 0 Å². The van der Waals surface area contributed by atoms with Crippen LogP contribution in [0, 0.1) is 0 Å². The molecule has 2 aromatic rings. The van der Waals surface area contributed by atoms with E-state index in [-0.39, 0.29) is 17.2 Å². The Morgan fingerprint density at radius 2 is 1.23 bits per heavy atom. The van der Waals surface area contributed by atoms with E-state index in [0.29, 0.717) is 0 Å². The summed E-state index contributed by atoms with van der Waals surface area (Å²) in [5.74, 6) is 1.78. The largest absolute Gasteiger partial charge is 0.487 e. The van der Waals surface area contributed by atoms with Crippen LogP contribution in [0.3, 0.4) is 0 Å². The fourth-order valence-electron chi connectivity index (χ4n) is 3.67. The summed E-state index contributed by atoms with van der Waals surface area (Å²) in [6, 6.07) is 11.2. The number of amides is 2. The molecule has 0 fully saturated rings. The highest BCUT2D eigenvalue weighted by atomic mass is 16.5. The molecular weight excluding hydrogens is 328 g/mol. The Balaban J connectivity index is 1.43. The van der Waals surface area contributed by atoms with Crippen molar-refractivity contribution in [3.05, 3.63) is 47.5 Å². The molecule has 0 aromatic heterocycles. The van der Waals surface area contributed by atoms with E-state index in [1.807, 2.05) is 36.4 Å². The van der Waals surface area contributed by atoms with Gasteiger partial charge in [0.1, 0.15) is 22.7 Å². The molecule has 136 valence electrons. The monoisotopic (exact) mass is 352 g/mol. The highest BCUT2D eigenvalue weighted by molar-refractivity contribution is 6.00. The molecule has 0 unspecified atom stereocenters. The summed E-state index contributed by atoms with van der Waals surface area (Å²) in [6.07, 6.45) is 1.67. The highest BCUT2D eigenvalue weighted by Crippen LogP contribution is 2.37. The molecule has 4 rings (SSSR count). The standard InChI is InChI=1S/C21H24N2O3/c1-20(2)11-13-9-15(5-7-17(13)25-20)22-19(24)23-16-6-8-18-14(10-16)12-21(3,4)26-18/h5-10H,11-12H2,1-4H3,(H2,22,23,24). The number of carbonyl (C=O) groups excluding carboxylic acids is 1. The summed E-state index contributed by atoms with van der Waals surface area (Å²) in [5, 5.41) is 5.79. The van der Waals surface area contributed by atoms with Crippen LogP contribution in [0.15, 0.2) is 36.4 Å². The van der Waals surface area contributed by atoms with Gasteiger partial charge in [-0.15, -0.1) is 0 Å². The lowest BCUT2D eigenvalue weighted by Gasteiger charge is -2.16. The lowest BCUT2D eigenvalue weighted by molar-refractivity contribution is 0.138. The number of fused-ring (bicyclic) bond motifs is 2. The van der Waals surface area contributed by atoms with E-state index in [1.165, 1.54) is 0 Å². The lowest BCUT2D eigenvalue weighted by atomic mass is 10.0. The van der Waals surface area contributed by atoms with Crippen LogP contribution < -0.4 is 20.1 Å². The highest BCUT2D eigenvalue weighted by Gasteiger charge is 2.31. The molecule has 0 spiro atoms. The summed E-state index contributed by atoms with van der Waals surface area (Å²) < 4.78 is 11.7. The van der Waals surface area contributed by atoms with Crippen LogP contribution in [-0.4, -0.2) is 17.2 Å². The molecule has 2 heterocycles. The van der Waals surface area contributed by atoms with Gasteiger partial charge in [-0.1, -0.05) is 0 Å². The molecule has 0 saturated heterocycles. The van der Waals surface area contributed by atoms with Crippen LogP contribution in [0.2, 0.25) is 0 Å². The second-order valence-electron chi connectivity index (χ2n) is 8.30. The van der Waals surface area contributed by atoms with Crippen molar-refractivity contribution in [1.82, 2.24) is 0 Å². The van der Waals surface area contributed by atoms with Crippen LogP contribution in [0.4, 0.5) is 16.2 Å². The fraction of sp³-hybridized carbons (Fsp3) is 0.381. The minimum absolute atomic E-state index is 0.191. The SMILES string of the molecule is CC1(C)Cc2cc(NC(=O)Nc3ccc4c(c3)CC(C)(C)O4)ccc2O1. The van der Waals surface area contributed by atoms with Gasteiger partial charge in [-0.25, -0.2) is 4.79 Å². The van der Waals surface area contributed by atoms with E-state index in [2.05, 4.69) is 38.3 Å². The third kappa shape index (κ3) is 3.34. The Hall–Kier alpha value is -2.69. The van der Waals surface area contributed by atoms with Crippen molar-refractivity contribution >= 4 is 17.4 Å². The second-order valence-corrected chi connectivity index (χ2v) is 8.30. The topological polar surface area (TPSA) is 59.6 Å². The van der Waals surface area contributed by atoms with Crippen molar-refractivity contribution in [2.24, 2.45) is 0 Å². The zero-order valence-electron chi connectivity index (χ0n) is 15.6. The first-order valence-corrected chi connectivity index (χ1v) is 8.91. The molecule has 0 bridgehead atoms. The predicted molar refractivity (Wildman–Crippen MR) is 102 cm³/mol. The van der Waals surface area contributed by atoms with Crippen molar-refractivity contribution in [2.45, 2.75) is 51.7 Å². The molecule has 2 aromatic carbocycles. The Morgan fingerprint density at radius 1 is 0.808 bits per heavy atom. The first-order chi connectivity index (χ1) is 12.2. The van der Waals surface area contributed by atoms with Crippen LogP contribution in [0.5, 0.6) is 11.5 Å². The van der Waals surface area contributed by atoms with Crippen LogP contribution in [0.1, 0.15) is 38.8 Å². The summed E-state index contributed by atoms with van der Waals surface area (Å²) in [7, 11) is 0. The van der Waals surface area contributed by atoms with Crippen molar-refractivity contribution in [2.75, 3.05) is 10.6 Å². The third-order valence-electron chi connectivity index (χ3n) is 4.64. The molecule has 2 N–H and O–H groups in total. The molecule has 0 aliphatic carbocycles. The number of hydrogen-bond donors (Lipinski definition) is 2. The van der Waals surface area contributed by atoms with E-state index in [4.69, 9.17) is 9.47 Å². The Bertz CT molecular complexity index is 815. The Kier molecular flexibility index (Phi) is 3.65. The number of urea groups is 1. The minimum atomic E-state index is -0.263. The van der Waals surface area contributed by atoms with E-state index in [9.17, 15) is 4.79 Å². The number of benzene rings is 2. The van der Waals surface area contributed by atoms with Crippen molar-refractivity contribution in [3.8, 4) is 11.5 Å². The summed E-state index contributed by atoms with van der Waals surface area (Å²) in [6.45, 7) is 8.24. The van der Waals surface area contributed by atoms with Gasteiger partial charge in [0.25, 0.3) is 0 Å². The van der Waals surface area contributed by atoms with Gasteiger partial charge in [0, 0.05) is 35.3 Å². The Morgan fingerprint density at radius 3 is 1.65 bits per heavy atom. The molecular formula is C21H24N2O3. The number of anilines is 2. The minimum Gasteiger partial charge on any atom is -0.487 e. The maximum atomic E-state index is 12.4. The zero-order valence-corrected chi connectivity index (χ0v) is 15.6. The van der Waals surface area contributed by atoms with Gasteiger partial charge in [0.2, 0.25) is 0 Å². The molecule has 5 heteroatoms. The predicted octanol–water partition coefficient (Wildman–Crippen LogP) is 4.76. The van der Waals surface area contributed by atoms with Gasteiger partial charge in [-0.2, -0.15) is 0 Å². The molecule has 5 nitrogen and oxygen atoms in total. The molecule has 0 saturated carbocycles. The quantitative estimate of drug-likeness (QED) is 0.819. The molecule has 2 aliphatic heterocycles. The van der Waals surface area contributed by atoms with Gasteiger partial charge >= 0.3 is 6.03 Å². The third-order valence-corrected chi connectivity index (χ3v) is 4.64. The maximum absolute atomic E-state index is 12.4. The number of nitrogens with one attached hydrogen (secondary N) is 2. The smallest absolute Gasteiger partial charge is 0.323 e. The molecule has 26 heavy (non-hydrogen) atoms. The lowest BCUT2D eigenvalue weighted by Crippen LogP contribution is -2.24. The van der Waals surface area contributed by atoms with E-state index < -0.39 is 0 Å². The van der Waals surface area contributed by atoms with Gasteiger partial charge in [-0.05, 0) is 64.1 Å². The van der Waals surface area contributed by atoms with Crippen LogP contribution in [-0.2, 0) is 12.8 Å². The normalized spacial score (nSPS) is 18.3. The maximum Gasteiger partial charge on any atom is 0.323 e. The summed E-state index contributed by atoms with van der Waals surface area (Å²) >= 11 is 0. The zero-order chi connectivity index (χ0) is 18.5. The number of hydrogen-bond acceptors (Lipinski definition) is 3. The van der Waals surface area contributed by atoms with Crippen molar-refractivity contribution in [3.63, 3.8) is 0 Å². The molecule has 2 amide bonds. The summed E-state index contributed by atoms with van der Waals surface area (Å²) in [5.41, 5.74) is 3.36. The first kappa shape index (κ1) is 16.8. The molecule has 0 atom stereocenters.